The number of aromatic amines is 1. The fourth-order valence-electron chi connectivity index (χ4n) is 2.34. The molecule has 0 atom stereocenters. The van der Waals surface area contributed by atoms with E-state index in [0.717, 1.165) is 0 Å². The Balaban J connectivity index is 1.72. The van der Waals surface area contributed by atoms with Gasteiger partial charge in [-0.1, -0.05) is 0 Å². The Morgan fingerprint density at radius 3 is 2.90 bits per heavy atom. The largest absolute Gasteiger partial charge is 0.356 e. The van der Waals surface area contributed by atoms with Crippen LogP contribution in [0.3, 0.4) is 0 Å². The molecule has 1 aliphatic heterocycles. The number of nitrogens with one attached hydrogen (secondary N) is 2. The third kappa shape index (κ3) is 2.28. The number of H-pyrrole nitrogens is 1. The number of carbonyl (C=O) groups excluding carboxylic acids is 2. The first kappa shape index (κ1) is 13.3. The highest BCUT2D eigenvalue weighted by Gasteiger charge is 2.35. The van der Waals surface area contributed by atoms with Gasteiger partial charge in [-0.2, -0.15) is 5.10 Å². The molecule has 1 aliphatic rings. The topological polar surface area (TPSA) is 99.6 Å². The number of pyridine rings is 1. The Morgan fingerprint density at radius 2 is 2.19 bits per heavy atom. The highest BCUT2D eigenvalue weighted by Crippen LogP contribution is 2.18. The first-order valence-electron chi connectivity index (χ1n) is 6.74. The van der Waals surface area contributed by atoms with Crippen molar-refractivity contribution in [1.82, 2.24) is 24.8 Å². The fraction of sp³-hybridized carbons (Fsp3) is 0.385. The number of aromatic nitrogens is 3. The van der Waals surface area contributed by atoms with Gasteiger partial charge in [-0.15, -0.1) is 0 Å². The molecule has 21 heavy (non-hydrogen) atoms. The molecule has 8 heteroatoms. The molecule has 1 fully saturated rings. The van der Waals surface area contributed by atoms with Crippen LogP contribution in [0.25, 0.3) is 5.65 Å². The molecule has 0 saturated carbocycles. The molecule has 0 bridgehead atoms. The van der Waals surface area contributed by atoms with E-state index in [4.69, 9.17) is 0 Å². The lowest BCUT2D eigenvalue weighted by Crippen LogP contribution is -2.55. The first-order chi connectivity index (χ1) is 10.1. The third-order valence-corrected chi connectivity index (χ3v) is 3.55. The van der Waals surface area contributed by atoms with Gasteiger partial charge in [0.2, 0.25) is 5.91 Å². The fourth-order valence-corrected chi connectivity index (χ4v) is 2.34. The van der Waals surface area contributed by atoms with Crippen molar-refractivity contribution in [2.24, 2.45) is 5.92 Å². The van der Waals surface area contributed by atoms with E-state index in [1.54, 1.807) is 17.0 Å². The average molecular weight is 289 g/mol. The molecule has 0 unspecified atom stereocenters. The highest BCUT2D eigenvalue weighted by molar-refractivity contribution is 5.96. The van der Waals surface area contributed by atoms with E-state index in [0.29, 0.717) is 30.8 Å². The van der Waals surface area contributed by atoms with Gasteiger partial charge in [0.15, 0.2) is 5.65 Å². The average Bonchev–Trinajstić information content (AvgIpc) is 2.78. The van der Waals surface area contributed by atoms with Crippen molar-refractivity contribution in [3.05, 3.63) is 34.4 Å². The number of nitrogens with zero attached hydrogens (tertiary/aromatic N) is 3. The van der Waals surface area contributed by atoms with Crippen molar-refractivity contribution in [3.8, 4) is 0 Å². The van der Waals surface area contributed by atoms with Crippen molar-refractivity contribution in [3.63, 3.8) is 0 Å². The lowest BCUT2D eigenvalue weighted by atomic mass is 9.98. The quantitative estimate of drug-likeness (QED) is 0.775. The molecule has 2 aromatic heterocycles. The zero-order valence-electron chi connectivity index (χ0n) is 11.5. The zero-order chi connectivity index (χ0) is 15.0. The van der Waals surface area contributed by atoms with Crippen LogP contribution in [0.5, 0.6) is 0 Å². The van der Waals surface area contributed by atoms with Gasteiger partial charge in [-0.3, -0.25) is 9.59 Å². The van der Waals surface area contributed by atoms with Gasteiger partial charge in [0, 0.05) is 25.8 Å². The lowest BCUT2D eigenvalue weighted by molar-refractivity contribution is -0.128. The standard InChI is InChI=1S/C13H15N5O3/c1-2-14-11(19)9-5-17(6-9)12(20)8-3-4-10-15-16-13(21)18(10)7-8/h3-4,7,9H,2,5-6H2,1H3,(H,14,19)(H,16,21). The number of hydrogen-bond acceptors (Lipinski definition) is 4. The summed E-state index contributed by atoms with van der Waals surface area (Å²) < 4.78 is 1.29. The highest BCUT2D eigenvalue weighted by atomic mass is 16.2. The smallest absolute Gasteiger partial charge is 0.347 e. The van der Waals surface area contributed by atoms with Crippen molar-refractivity contribution >= 4 is 17.5 Å². The zero-order valence-corrected chi connectivity index (χ0v) is 11.5. The van der Waals surface area contributed by atoms with Gasteiger partial charge in [0.1, 0.15) is 0 Å². The van der Waals surface area contributed by atoms with Crippen LogP contribution in [0.2, 0.25) is 0 Å². The predicted molar refractivity (Wildman–Crippen MR) is 73.9 cm³/mol. The minimum Gasteiger partial charge on any atom is -0.356 e. The van der Waals surface area contributed by atoms with Crippen molar-refractivity contribution < 1.29 is 9.59 Å². The van der Waals surface area contributed by atoms with Gasteiger partial charge >= 0.3 is 5.69 Å². The Labute approximate surface area is 119 Å². The number of fused-ring (bicyclic) bond motifs is 1. The van der Waals surface area contributed by atoms with E-state index in [-0.39, 0.29) is 23.4 Å². The van der Waals surface area contributed by atoms with Crippen LogP contribution in [0, 0.1) is 5.92 Å². The summed E-state index contributed by atoms with van der Waals surface area (Å²) in [7, 11) is 0. The molecular formula is C13H15N5O3. The molecule has 3 heterocycles. The number of rotatable bonds is 3. The van der Waals surface area contributed by atoms with Gasteiger partial charge < -0.3 is 10.2 Å². The van der Waals surface area contributed by atoms with Crippen LogP contribution >= 0.6 is 0 Å². The normalized spacial score (nSPS) is 15.0. The van der Waals surface area contributed by atoms with E-state index in [2.05, 4.69) is 15.5 Å². The second-order valence-electron chi connectivity index (χ2n) is 4.98. The van der Waals surface area contributed by atoms with E-state index < -0.39 is 0 Å². The number of hydrogen-bond donors (Lipinski definition) is 2. The van der Waals surface area contributed by atoms with E-state index in [1.165, 1.54) is 10.6 Å². The van der Waals surface area contributed by atoms with E-state index in [9.17, 15) is 14.4 Å². The van der Waals surface area contributed by atoms with Gasteiger partial charge in [-0.25, -0.2) is 14.3 Å². The number of carbonyl (C=O) groups is 2. The summed E-state index contributed by atoms with van der Waals surface area (Å²) >= 11 is 0. The molecule has 0 radical (unpaired) electrons. The van der Waals surface area contributed by atoms with E-state index in [1.807, 2.05) is 6.92 Å². The summed E-state index contributed by atoms with van der Waals surface area (Å²) in [5, 5.41) is 8.86. The van der Waals surface area contributed by atoms with Crippen LogP contribution < -0.4 is 11.0 Å². The summed E-state index contributed by atoms with van der Waals surface area (Å²) in [6, 6.07) is 3.23. The monoisotopic (exact) mass is 289 g/mol. The minimum absolute atomic E-state index is 0.0249. The minimum atomic E-state index is -0.386. The summed E-state index contributed by atoms with van der Waals surface area (Å²) in [5.74, 6) is -0.358. The Kier molecular flexibility index (Phi) is 3.20. The van der Waals surface area contributed by atoms with Crippen LogP contribution in [0.1, 0.15) is 17.3 Å². The second-order valence-corrected chi connectivity index (χ2v) is 4.98. The summed E-state index contributed by atoms with van der Waals surface area (Å²) in [5.41, 5.74) is 0.476. The third-order valence-electron chi connectivity index (χ3n) is 3.55. The first-order valence-corrected chi connectivity index (χ1v) is 6.74. The second kappa shape index (κ2) is 5.04. The van der Waals surface area contributed by atoms with Crippen LogP contribution in [0.4, 0.5) is 0 Å². The van der Waals surface area contributed by atoms with Crippen molar-refractivity contribution in [1.29, 1.82) is 0 Å². The molecule has 110 valence electrons. The molecule has 2 aromatic rings. The number of amides is 2. The molecule has 0 spiro atoms. The Bertz CT molecular complexity index is 756. The van der Waals surface area contributed by atoms with Crippen LogP contribution in [0.15, 0.2) is 23.1 Å². The molecule has 2 amide bonds. The summed E-state index contributed by atoms with van der Waals surface area (Å²) in [6.45, 7) is 3.26. The molecule has 3 rings (SSSR count). The predicted octanol–water partition coefficient (Wildman–Crippen LogP) is -0.769. The molecule has 0 aromatic carbocycles. The van der Waals surface area contributed by atoms with E-state index >= 15 is 0 Å². The maximum absolute atomic E-state index is 12.3. The summed E-state index contributed by atoms with van der Waals surface area (Å²) in [4.78, 5) is 37.0. The molecule has 1 saturated heterocycles. The molecule has 8 nitrogen and oxygen atoms in total. The van der Waals surface area contributed by atoms with Crippen molar-refractivity contribution in [2.75, 3.05) is 19.6 Å². The Hall–Kier alpha value is -2.64. The van der Waals surface area contributed by atoms with Gasteiger partial charge in [0.25, 0.3) is 5.91 Å². The van der Waals surface area contributed by atoms with Crippen LogP contribution in [-0.2, 0) is 4.79 Å². The van der Waals surface area contributed by atoms with Crippen molar-refractivity contribution in [2.45, 2.75) is 6.92 Å². The molecule has 0 aliphatic carbocycles. The molecular weight excluding hydrogens is 274 g/mol. The summed E-state index contributed by atoms with van der Waals surface area (Å²) in [6.07, 6.45) is 1.46. The Morgan fingerprint density at radius 1 is 1.43 bits per heavy atom. The van der Waals surface area contributed by atoms with Crippen LogP contribution in [-0.4, -0.2) is 50.9 Å². The number of likely N-dealkylation sites (tertiary alicyclic amines) is 1. The van der Waals surface area contributed by atoms with Gasteiger partial charge in [0.05, 0.1) is 11.5 Å². The maximum atomic E-state index is 12.3. The maximum Gasteiger partial charge on any atom is 0.347 e. The lowest BCUT2D eigenvalue weighted by Gasteiger charge is -2.38. The SMILES string of the molecule is CCNC(=O)C1CN(C(=O)c2ccc3n[nH]c(=O)n3c2)C1. The molecule has 2 N–H and O–H groups in total. The van der Waals surface area contributed by atoms with Gasteiger partial charge in [-0.05, 0) is 19.1 Å².